The number of allylic oxidation sites excluding steroid dienone is 2. The van der Waals surface area contributed by atoms with Crippen LogP contribution < -0.4 is 4.74 Å². The lowest BCUT2D eigenvalue weighted by Gasteiger charge is -2.11. The summed E-state index contributed by atoms with van der Waals surface area (Å²) in [6.07, 6.45) is -2.89. The summed E-state index contributed by atoms with van der Waals surface area (Å²) in [5, 5.41) is 9.27. The molecular weight excluding hydrogens is 436 g/mol. The van der Waals surface area contributed by atoms with Crippen LogP contribution in [0.5, 0.6) is 11.5 Å². The maximum Gasteiger partial charge on any atom is 0.416 e. The van der Waals surface area contributed by atoms with Gasteiger partial charge in [-0.15, -0.1) is 0 Å². The number of carboxylic acids is 1. The largest absolute Gasteiger partial charge is 0.481 e. The minimum atomic E-state index is -4.47. The molecule has 0 aliphatic heterocycles. The first kappa shape index (κ1) is 22.3. The highest BCUT2D eigenvalue weighted by Gasteiger charge is 2.30. The van der Waals surface area contributed by atoms with Gasteiger partial charge in [-0.05, 0) is 88.9 Å². The number of alkyl halides is 3. The van der Waals surface area contributed by atoms with E-state index in [9.17, 15) is 27.5 Å². The third-order valence-electron chi connectivity index (χ3n) is 5.35. The number of carboxylic acid groups (broad SMARTS) is 1. The van der Waals surface area contributed by atoms with Gasteiger partial charge in [-0.1, -0.05) is 24.3 Å². The van der Waals surface area contributed by atoms with E-state index < -0.39 is 23.5 Å². The Morgan fingerprint density at radius 3 is 2.36 bits per heavy atom. The van der Waals surface area contributed by atoms with Crippen LogP contribution in [0.2, 0.25) is 0 Å². The Balaban J connectivity index is 1.69. The van der Waals surface area contributed by atoms with Gasteiger partial charge in [0.2, 0.25) is 0 Å². The van der Waals surface area contributed by atoms with Crippen LogP contribution in [0.25, 0.3) is 17.2 Å². The summed E-state index contributed by atoms with van der Waals surface area (Å²) in [5.41, 5.74) is 3.16. The van der Waals surface area contributed by atoms with Crippen molar-refractivity contribution in [3.05, 3.63) is 100 Å². The second-order valence-corrected chi connectivity index (χ2v) is 7.62. The van der Waals surface area contributed by atoms with Gasteiger partial charge < -0.3 is 9.84 Å². The SMILES string of the molecule is CC1=C(CC(=O)O)c2cc(F)ccc2/C1=C/c1cccc(Oc2cccc(C(F)(F)F)c2)c1. The summed E-state index contributed by atoms with van der Waals surface area (Å²) >= 11 is 0. The van der Waals surface area contributed by atoms with Crippen molar-refractivity contribution >= 4 is 23.2 Å². The molecule has 1 aliphatic carbocycles. The highest BCUT2D eigenvalue weighted by atomic mass is 19.4. The van der Waals surface area contributed by atoms with E-state index in [0.717, 1.165) is 23.3 Å². The molecule has 0 aromatic heterocycles. The van der Waals surface area contributed by atoms with Crippen molar-refractivity contribution in [3.63, 3.8) is 0 Å². The van der Waals surface area contributed by atoms with E-state index >= 15 is 0 Å². The summed E-state index contributed by atoms with van der Waals surface area (Å²) in [4.78, 5) is 11.3. The molecule has 33 heavy (non-hydrogen) atoms. The third-order valence-corrected chi connectivity index (χ3v) is 5.35. The molecule has 0 atom stereocenters. The van der Waals surface area contributed by atoms with Gasteiger partial charge in [0.15, 0.2) is 0 Å². The van der Waals surface area contributed by atoms with Crippen LogP contribution in [-0.2, 0) is 11.0 Å². The van der Waals surface area contributed by atoms with Crippen molar-refractivity contribution in [1.82, 2.24) is 0 Å². The van der Waals surface area contributed by atoms with E-state index in [-0.39, 0.29) is 12.2 Å². The molecule has 0 heterocycles. The molecule has 4 rings (SSSR count). The topological polar surface area (TPSA) is 46.5 Å². The first-order valence-corrected chi connectivity index (χ1v) is 10.0. The van der Waals surface area contributed by atoms with Crippen LogP contribution in [0.15, 0.2) is 72.3 Å². The van der Waals surface area contributed by atoms with Crippen LogP contribution in [-0.4, -0.2) is 11.1 Å². The van der Waals surface area contributed by atoms with Gasteiger partial charge in [-0.25, -0.2) is 4.39 Å². The highest BCUT2D eigenvalue weighted by Crippen LogP contribution is 2.44. The van der Waals surface area contributed by atoms with Crippen molar-refractivity contribution in [2.24, 2.45) is 0 Å². The molecule has 0 saturated heterocycles. The Morgan fingerprint density at radius 1 is 0.970 bits per heavy atom. The van der Waals surface area contributed by atoms with Crippen molar-refractivity contribution in [1.29, 1.82) is 0 Å². The monoisotopic (exact) mass is 454 g/mol. The molecule has 0 unspecified atom stereocenters. The number of hydrogen-bond donors (Lipinski definition) is 1. The van der Waals surface area contributed by atoms with Crippen molar-refractivity contribution in [3.8, 4) is 11.5 Å². The Labute approximate surface area is 187 Å². The normalized spacial score (nSPS) is 14.5. The molecule has 0 amide bonds. The predicted octanol–water partition coefficient (Wildman–Crippen LogP) is 7.44. The molecule has 0 spiro atoms. The second kappa shape index (κ2) is 8.58. The number of fused-ring (bicyclic) bond motifs is 1. The average molecular weight is 454 g/mol. The van der Waals surface area contributed by atoms with Gasteiger partial charge in [0.25, 0.3) is 0 Å². The summed E-state index contributed by atoms with van der Waals surface area (Å²) < 4.78 is 58.4. The lowest BCUT2D eigenvalue weighted by Crippen LogP contribution is -2.04. The summed E-state index contributed by atoms with van der Waals surface area (Å²) in [7, 11) is 0. The molecule has 3 aromatic rings. The van der Waals surface area contributed by atoms with E-state index in [1.165, 1.54) is 24.3 Å². The van der Waals surface area contributed by atoms with Crippen LogP contribution >= 0.6 is 0 Å². The fourth-order valence-electron chi connectivity index (χ4n) is 3.84. The number of benzene rings is 3. The Hall–Kier alpha value is -3.87. The third kappa shape index (κ3) is 4.82. The van der Waals surface area contributed by atoms with Gasteiger partial charge in [-0.2, -0.15) is 13.2 Å². The standard InChI is InChI=1S/C26H18F4O3/c1-15-22(21-9-8-18(27)13-24(21)23(15)14-25(31)32)11-16-4-2-6-19(10-16)33-20-7-3-5-17(12-20)26(28,29)30/h2-13H,14H2,1H3,(H,31,32)/b22-11+. The van der Waals surface area contributed by atoms with Crippen LogP contribution in [0.3, 0.4) is 0 Å². The molecule has 1 N–H and O–H groups in total. The fraction of sp³-hybridized carbons (Fsp3) is 0.115. The average Bonchev–Trinajstić information content (AvgIpc) is 2.98. The minimum Gasteiger partial charge on any atom is -0.481 e. The van der Waals surface area contributed by atoms with E-state index in [4.69, 9.17) is 4.74 Å². The fourth-order valence-corrected chi connectivity index (χ4v) is 3.84. The number of rotatable bonds is 5. The molecule has 1 aliphatic rings. The predicted molar refractivity (Wildman–Crippen MR) is 117 cm³/mol. The van der Waals surface area contributed by atoms with Crippen molar-refractivity contribution < 1.29 is 32.2 Å². The van der Waals surface area contributed by atoms with Crippen LogP contribution in [0.1, 0.15) is 35.6 Å². The summed E-state index contributed by atoms with van der Waals surface area (Å²) in [6.45, 7) is 1.78. The van der Waals surface area contributed by atoms with Crippen LogP contribution in [0.4, 0.5) is 17.6 Å². The van der Waals surface area contributed by atoms with Crippen molar-refractivity contribution in [2.45, 2.75) is 19.5 Å². The Morgan fingerprint density at radius 2 is 1.67 bits per heavy atom. The molecule has 168 valence electrons. The number of aliphatic carboxylic acids is 1. The first-order valence-electron chi connectivity index (χ1n) is 10.0. The summed E-state index contributed by atoms with van der Waals surface area (Å²) in [5.74, 6) is -1.08. The quantitative estimate of drug-likeness (QED) is 0.408. The molecule has 0 fully saturated rings. The lowest BCUT2D eigenvalue weighted by atomic mass is 10.0. The number of carbonyl (C=O) groups is 1. The first-order chi connectivity index (χ1) is 15.6. The smallest absolute Gasteiger partial charge is 0.416 e. The van der Waals surface area contributed by atoms with Gasteiger partial charge in [0, 0.05) is 0 Å². The minimum absolute atomic E-state index is 0.0520. The number of halogens is 4. The maximum absolute atomic E-state index is 13.8. The zero-order valence-electron chi connectivity index (χ0n) is 17.4. The van der Waals surface area contributed by atoms with Gasteiger partial charge >= 0.3 is 12.1 Å². The Kier molecular flexibility index (Phi) is 5.80. The zero-order valence-corrected chi connectivity index (χ0v) is 17.4. The highest BCUT2D eigenvalue weighted by molar-refractivity contribution is 6.07. The maximum atomic E-state index is 13.8. The van der Waals surface area contributed by atoms with E-state index in [2.05, 4.69) is 0 Å². The Bertz CT molecular complexity index is 1300. The number of ether oxygens (including phenoxy) is 1. The van der Waals surface area contributed by atoms with Gasteiger partial charge in [0.1, 0.15) is 17.3 Å². The molecule has 0 saturated carbocycles. The van der Waals surface area contributed by atoms with E-state index in [1.54, 1.807) is 37.3 Å². The second-order valence-electron chi connectivity index (χ2n) is 7.62. The summed E-state index contributed by atoms with van der Waals surface area (Å²) in [6, 6.07) is 15.6. The molecule has 3 nitrogen and oxygen atoms in total. The molecule has 0 bridgehead atoms. The molecule has 3 aromatic carbocycles. The van der Waals surface area contributed by atoms with E-state index in [0.29, 0.717) is 28.0 Å². The van der Waals surface area contributed by atoms with Crippen molar-refractivity contribution in [2.75, 3.05) is 0 Å². The molecular formula is C26H18F4O3. The number of hydrogen-bond acceptors (Lipinski definition) is 2. The van der Waals surface area contributed by atoms with Gasteiger partial charge in [0.05, 0.1) is 12.0 Å². The van der Waals surface area contributed by atoms with Gasteiger partial charge in [-0.3, -0.25) is 4.79 Å². The zero-order chi connectivity index (χ0) is 23.8. The van der Waals surface area contributed by atoms with E-state index in [1.807, 2.05) is 6.08 Å². The molecule has 0 radical (unpaired) electrons. The van der Waals surface area contributed by atoms with Crippen LogP contribution in [0, 0.1) is 5.82 Å². The lowest BCUT2D eigenvalue weighted by molar-refractivity contribution is -0.138. The molecule has 7 heteroatoms.